The number of nitrogens with zero attached hydrogens (tertiary/aromatic N) is 4. The zero-order valence-corrected chi connectivity index (χ0v) is 15.1. The summed E-state index contributed by atoms with van der Waals surface area (Å²) in [6.45, 7) is 1.12. The lowest BCUT2D eigenvalue weighted by molar-refractivity contribution is -0.124. The number of carbonyl (C=O) groups excluding carboxylic acids is 2. The van der Waals surface area contributed by atoms with Gasteiger partial charge in [-0.2, -0.15) is 0 Å². The maximum atomic E-state index is 13.2. The molecule has 2 amide bonds. The number of aryl methyl sites for hydroxylation is 1. The van der Waals surface area contributed by atoms with E-state index in [1.165, 1.54) is 0 Å². The smallest absolute Gasteiger partial charge is 0.254 e. The molecule has 138 valence electrons. The largest absolute Gasteiger partial charge is 0.354 e. The van der Waals surface area contributed by atoms with Crippen molar-refractivity contribution in [1.29, 1.82) is 0 Å². The van der Waals surface area contributed by atoms with Crippen LogP contribution in [0, 0.1) is 0 Å². The van der Waals surface area contributed by atoms with Crippen molar-refractivity contribution in [2.45, 2.75) is 18.9 Å². The summed E-state index contributed by atoms with van der Waals surface area (Å²) < 4.78 is 1.67. The molecule has 1 unspecified atom stereocenters. The van der Waals surface area contributed by atoms with E-state index in [2.05, 4.69) is 15.6 Å². The lowest BCUT2D eigenvalue weighted by atomic mass is 10.0. The van der Waals surface area contributed by atoms with Crippen molar-refractivity contribution in [3.05, 3.63) is 59.7 Å². The number of carbonyl (C=O) groups is 2. The number of hydrogen-bond donors (Lipinski definition) is 1. The second kappa shape index (κ2) is 7.19. The molecule has 0 aliphatic carbocycles. The summed E-state index contributed by atoms with van der Waals surface area (Å²) in [6, 6.07) is 14.6. The van der Waals surface area contributed by atoms with Crippen LogP contribution in [0.15, 0.2) is 48.5 Å². The molecular formula is C20H21N5O2. The molecule has 1 atom stereocenters. The van der Waals surface area contributed by atoms with Gasteiger partial charge in [-0.25, -0.2) is 4.68 Å². The highest BCUT2D eigenvalue weighted by atomic mass is 16.2. The summed E-state index contributed by atoms with van der Waals surface area (Å²) in [6.07, 6.45) is 1.22. The first-order valence-electron chi connectivity index (χ1n) is 9.05. The highest BCUT2D eigenvalue weighted by molar-refractivity contribution is 6.00. The molecule has 3 aromatic rings. The molecule has 0 saturated carbocycles. The van der Waals surface area contributed by atoms with Gasteiger partial charge in [-0.3, -0.25) is 9.59 Å². The first kappa shape index (κ1) is 17.2. The number of hydrogen-bond acceptors (Lipinski definition) is 4. The van der Waals surface area contributed by atoms with E-state index in [9.17, 15) is 9.59 Å². The third kappa shape index (κ3) is 3.40. The molecule has 27 heavy (non-hydrogen) atoms. The normalized spacial score (nSPS) is 17.6. The topological polar surface area (TPSA) is 80.1 Å². The van der Waals surface area contributed by atoms with Gasteiger partial charge in [0.05, 0.1) is 5.52 Å². The highest BCUT2D eigenvalue weighted by Gasteiger charge is 2.32. The summed E-state index contributed by atoms with van der Waals surface area (Å²) in [7, 11) is 1.81. The fourth-order valence-corrected chi connectivity index (χ4v) is 3.50. The van der Waals surface area contributed by atoms with Crippen molar-refractivity contribution >= 4 is 22.8 Å². The van der Waals surface area contributed by atoms with Gasteiger partial charge in [-0.05, 0) is 30.2 Å². The quantitative estimate of drug-likeness (QED) is 0.766. The first-order chi connectivity index (χ1) is 13.1. The molecular weight excluding hydrogens is 342 g/mol. The average molecular weight is 363 g/mol. The Labute approximate surface area is 157 Å². The van der Waals surface area contributed by atoms with Crippen LogP contribution in [-0.4, -0.2) is 50.8 Å². The minimum Gasteiger partial charge on any atom is -0.354 e. The number of nitrogens with one attached hydrogen (secondary N) is 1. The van der Waals surface area contributed by atoms with E-state index < -0.39 is 6.04 Å². The average Bonchev–Trinajstić information content (AvgIpc) is 2.97. The van der Waals surface area contributed by atoms with Crippen LogP contribution < -0.4 is 5.32 Å². The van der Waals surface area contributed by atoms with Crippen LogP contribution in [0.1, 0.15) is 22.3 Å². The Morgan fingerprint density at radius 3 is 2.85 bits per heavy atom. The molecule has 7 nitrogen and oxygen atoms in total. The van der Waals surface area contributed by atoms with E-state index in [4.69, 9.17) is 0 Å². The summed E-state index contributed by atoms with van der Waals surface area (Å²) in [5, 5.41) is 11.0. The van der Waals surface area contributed by atoms with Gasteiger partial charge >= 0.3 is 0 Å². The molecule has 1 saturated heterocycles. The van der Waals surface area contributed by atoms with Gasteiger partial charge in [-0.1, -0.05) is 35.5 Å². The van der Waals surface area contributed by atoms with Crippen LogP contribution in [0.5, 0.6) is 0 Å². The zero-order chi connectivity index (χ0) is 18.8. The fraction of sp³-hybridized carbons (Fsp3) is 0.300. The molecule has 2 aromatic carbocycles. The van der Waals surface area contributed by atoms with Crippen molar-refractivity contribution in [2.75, 3.05) is 13.1 Å². The van der Waals surface area contributed by atoms with Crippen LogP contribution in [0.2, 0.25) is 0 Å². The van der Waals surface area contributed by atoms with E-state index in [0.717, 1.165) is 17.5 Å². The Bertz CT molecular complexity index is 982. The Morgan fingerprint density at radius 1 is 1.22 bits per heavy atom. The molecule has 1 fully saturated rings. The molecule has 7 heteroatoms. The Balaban J connectivity index is 1.66. The molecule has 0 spiro atoms. The summed E-state index contributed by atoms with van der Waals surface area (Å²) >= 11 is 0. The third-order valence-corrected chi connectivity index (χ3v) is 4.94. The maximum absolute atomic E-state index is 13.2. The fourth-order valence-electron chi connectivity index (χ4n) is 3.50. The lowest BCUT2D eigenvalue weighted by Crippen LogP contribution is -2.48. The first-order valence-corrected chi connectivity index (χ1v) is 9.05. The van der Waals surface area contributed by atoms with E-state index in [1.54, 1.807) is 21.7 Å². The number of rotatable bonds is 3. The van der Waals surface area contributed by atoms with Gasteiger partial charge in [0.25, 0.3) is 5.91 Å². The molecule has 0 radical (unpaired) electrons. The molecule has 4 rings (SSSR count). The van der Waals surface area contributed by atoms with Crippen LogP contribution in [0.25, 0.3) is 11.0 Å². The number of amides is 2. The molecule has 1 N–H and O–H groups in total. The maximum Gasteiger partial charge on any atom is 0.254 e. The van der Waals surface area contributed by atoms with Crippen molar-refractivity contribution in [2.24, 2.45) is 7.05 Å². The molecule has 2 heterocycles. The lowest BCUT2D eigenvalue weighted by Gasteiger charge is -2.28. The van der Waals surface area contributed by atoms with Crippen molar-refractivity contribution in [3.63, 3.8) is 0 Å². The Hall–Kier alpha value is -3.22. The van der Waals surface area contributed by atoms with Crippen LogP contribution >= 0.6 is 0 Å². The van der Waals surface area contributed by atoms with E-state index in [0.29, 0.717) is 30.6 Å². The Kier molecular flexibility index (Phi) is 4.58. The van der Waals surface area contributed by atoms with Gasteiger partial charge in [0.1, 0.15) is 11.6 Å². The monoisotopic (exact) mass is 363 g/mol. The van der Waals surface area contributed by atoms with Gasteiger partial charge in [0.2, 0.25) is 5.91 Å². The van der Waals surface area contributed by atoms with Crippen LogP contribution in [0.3, 0.4) is 0 Å². The van der Waals surface area contributed by atoms with Gasteiger partial charge in [0.15, 0.2) is 0 Å². The standard InChI is InChI=1S/C20H21N5O2/c1-24-17-9-8-15(13-16(17)22-23-24)20(27)25-11-5-10-21-19(26)18(25)12-14-6-3-2-4-7-14/h2-4,6-9,13,18H,5,10-12H2,1H3,(H,21,26). The summed E-state index contributed by atoms with van der Waals surface area (Å²) in [4.78, 5) is 27.6. The SMILES string of the molecule is Cn1nnc2cc(C(=O)N3CCCNC(=O)C3Cc3ccccc3)ccc21. The molecule has 1 aliphatic rings. The second-order valence-corrected chi connectivity index (χ2v) is 6.77. The van der Waals surface area contributed by atoms with E-state index >= 15 is 0 Å². The zero-order valence-electron chi connectivity index (χ0n) is 15.1. The highest BCUT2D eigenvalue weighted by Crippen LogP contribution is 2.19. The molecule has 0 bridgehead atoms. The number of benzene rings is 2. The number of aromatic nitrogens is 3. The predicted molar refractivity (Wildman–Crippen MR) is 101 cm³/mol. The van der Waals surface area contributed by atoms with Gasteiger partial charge in [-0.15, -0.1) is 5.10 Å². The summed E-state index contributed by atoms with van der Waals surface area (Å²) in [5.41, 5.74) is 3.08. The van der Waals surface area contributed by atoms with Crippen molar-refractivity contribution < 1.29 is 9.59 Å². The Morgan fingerprint density at radius 2 is 2.04 bits per heavy atom. The second-order valence-electron chi connectivity index (χ2n) is 6.77. The molecule has 1 aromatic heterocycles. The minimum absolute atomic E-state index is 0.106. The predicted octanol–water partition coefficient (Wildman–Crippen LogP) is 1.54. The van der Waals surface area contributed by atoms with Crippen molar-refractivity contribution in [3.8, 4) is 0 Å². The van der Waals surface area contributed by atoms with Crippen molar-refractivity contribution in [1.82, 2.24) is 25.2 Å². The minimum atomic E-state index is -0.528. The van der Waals surface area contributed by atoms with Gasteiger partial charge in [0, 0.05) is 32.1 Å². The van der Waals surface area contributed by atoms with Crippen LogP contribution in [0.4, 0.5) is 0 Å². The third-order valence-electron chi connectivity index (χ3n) is 4.94. The summed E-state index contributed by atoms with van der Waals surface area (Å²) in [5.74, 6) is -0.259. The van der Waals surface area contributed by atoms with Crippen LogP contribution in [-0.2, 0) is 18.3 Å². The molecule has 1 aliphatic heterocycles. The van der Waals surface area contributed by atoms with E-state index in [1.807, 2.05) is 43.4 Å². The van der Waals surface area contributed by atoms with Gasteiger partial charge < -0.3 is 10.2 Å². The van der Waals surface area contributed by atoms with E-state index in [-0.39, 0.29) is 11.8 Å². The number of fused-ring (bicyclic) bond motifs is 1.